The van der Waals surface area contributed by atoms with Crippen LogP contribution in [0.2, 0.25) is 0 Å². The van der Waals surface area contributed by atoms with E-state index in [-0.39, 0.29) is 6.10 Å². The molecule has 0 amide bonds. The fourth-order valence-electron chi connectivity index (χ4n) is 5.02. The largest absolute Gasteiger partial charge is 0.382 e. The smallest absolute Gasteiger partial charge is 0.315 e. The summed E-state index contributed by atoms with van der Waals surface area (Å²) in [5.74, 6) is 0.750. The Morgan fingerprint density at radius 2 is 1.72 bits per heavy atom. The van der Waals surface area contributed by atoms with Crippen molar-refractivity contribution in [1.82, 2.24) is 0 Å². The summed E-state index contributed by atoms with van der Waals surface area (Å²) in [4.78, 5) is 0. The summed E-state index contributed by atoms with van der Waals surface area (Å²) in [7, 11) is -3.84. The average Bonchev–Trinajstić information content (AvgIpc) is 3.23. The fourth-order valence-corrected chi connectivity index (χ4v) is 6.45. The number of fused-ring (bicyclic) bond motifs is 6. The van der Waals surface area contributed by atoms with E-state index in [1.807, 2.05) is 12.1 Å². The average molecular weight is 449 g/mol. The Bertz CT molecular complexity index is 1250. The standard InChI is InChI=1S/C27H28O4S/c1-16(2)19-12-10-18(4)25-22(14-19)17(3)11-13-21-26(25)23-15-24(27(21)30-23)32(28,29)31-20-8-6-5-7-9-20/h5-14,16,23-24,27H,15H2,1-4H3/t23-,24+,27-/m0/s1. The zero-order valence-electron chi connectivity index (χ0n) is 18.8. The lowest BCUT2D eigenvalue weighted by Crippen LogP contribution is -2.36. The van der Waals surface area contributed by atoms with E-state index in [2.05, 4.69) is 52.0 Å². The topological polar surface area (TPSA) is 52.6 Å². The Labute approximate surface area is 190 Å². The molecule has 3 atom stereocenters. The molecule has 1 aromatic rings. The number of ether oxygens (including phenoxy) is 1. The minimum Gasteiger partial charge on any atom is -0.382 e. The van der Waals surface area contributed by atoms with Gasteiger partial charge in [-0.3, -0.25) is 0 Å². The molecule has 2 heterocycles. The van der Waals surface area contributed by atoms with Crippen LogP contribution in [0.15, 0.2) is 99.7 Å². The first-order chi connectivity index (χ1) is 15.3. The second-order valence-corrected chi connectivity index (χ2v) is 11.0. The molecular formula is C27H28O4S. The first kappa shape index (κ1) is 21.2. The second-order valence-electron chi connectivity index (χ2n) is 9.20. The number of hydrogen-bond donors (Lipinski definition) is 0. The van der Waals surface area contributed by atoms with Crippen molar-refractivity contribution in [3.63, 3.8) is 0 Å². The molecule has 0 N–H and O–H groups in total. The number of para-hydroxylation sites is 1. The molecule has 4 nitrogen and oxygen atoms in total. The summed E-state index contributed by atoms with van der Waals surface area (Å²) in [5.41, 5.74) is 8.12. The molecule has 0 unspecified atom stereocenters. The monoisotopic (exact) mass is 448 g/mol. The molecule has 1 saturated heterocycles. The lowest BCUT2D eigenvalue weighted by atomic mass is 9.82. The zero-order valence-corrected chi connectivity index (χ0v) is 19.6. The van der Waals surface area contributed by atoms with Crippen LogP contribution in [0, 0.1) is 5.92 Å². The van der Waals surface area contributed by atoms with Crippen LogP contribution in [0.25, 0.3) is 0 Å². The van der Waals surface area contributed by atoms with Gasteiger partial charge < -0.3 is 8.92 Å². The third kappa shape index (κ3) is 3.44. The molecule has 1 fully saturated rings. The number of benzene rings is 1. The molecule has 0 saturated carbocycles. The van der Waals surface area contributed by atoms with Gasteiger partial charge in [0.15, 0.2) is 0 Å². The van der Waals surface area contributed by atoms with Crippen LogP contribution in [-0.2, 0) is 14.9 Å². The van der Waals surface area contributed by atoms with Gasteiger partial charge in [0.2, 0.25) is 0 Å². The van der Waals surface area contributed by atoms with E-state index >= 15 is 0 Å². The SMILES string of the molecule is CC1=C2C=C(C(C)C)C=CC(C)=C2C2=C(C=C1)[C@@H]1O[C@H]2C[C@H]1S(=O)(=O)Oc1ccccc1. The predicted molar refractivity (Wildman–Crippen MR) is 127 cm³/mol. The lowest BCUT2D eigenvalue weighted by Gasteiger charge is -2.24. The molecule has 1 aromatic carbocycles. The van der Waals surface area contributed by atoms with Gasteiger partial charge in [0.05, 0.1) is 6.10 Å². The Morgan fingerprint density at radius 1 is 1.00 bits per heavy atom. The van der Waals surface area contributed by atoms with Crippen LogP contribution < -0.4 is 4.18 Å². The van der Waals surface area contributed by atoms with Gasteiger partial charge in [0.1, 0.15) is 17.1 Å². The Hall–Kier alpha value is -2.63. The first-order valence-corrected chi connectivity index (χ1v) is 12.6. The van der Waals surface area contributed by atoms with Gasteiger partial charge >= 0.3 is 10.1 Å². The van der Waals surface area contributed by atoms with Crippen LogP contribution in [0.4, 0.5) is 0 Å². The quantitative estimate of drug-likeness (QED) is 0.564. The summed E-state index contributed by atoms with van der Waals surface area (Å²) in [6.45, 7) is 8.65. The molecule has 2 aliphatic carbocycles. The summed E-state index contributed by atoms with van der Waals surface area (Å²) < 4.78 is 38.0. The number of allylic oxidation sites excluding steroid dienone is 8. The fraction of sp³-hybridized carbons (Fsp3) is 0.333. The summed E-state index contributed by atoms with van der Waals surface area (Å²) >= 11 is 0. The van der Waals surface area contributed by atoms with Gasteiger partial charge in [0.25, 0.3) is 0 Å². The Balaban J connectivity index is 1.55. The van der Waals surface area contributed by atoms with Gasteiger partial charge in [-0.2, -0.15) is 8.42 Å². The minimum atomic E-state index is -3.84. The second kappa shape index (κ2) is 7.75. The van der Waals surface area contributed by atoms with E-state index in [0.717, 1.165) is 11.1 Å². The van der Waals surface area contributed by atoms with Crippen molar-refractivity contribution in [3.05, 3.63) is 99.7 Å². The molecule has 166 valence electrons. The number of rotatable bonds is 4. The van der Waals surface area contributed by atoms with Crippen molar-refractivity contribution >= 4 is 10.1 Å². The van der Waals surface area contributed by atoms with Gasteiger partial charge in [-0.1, -0.05) is 62.4 Å². The Morgan fingerprint density at radius 3 is 2.44 bits per heavy atom. The highest BCUT2D eigenvalue weighted by atomic mass is 32.2. The maximum Gasteiger partial charge on any atom is 0.315 e. The van der Waals surface area contributed by atoms with Gasteiger partial charge in [-0.25, -0.2) is 0 Å². The minimum absolute atomic E-state index is 0.257. The van der Waals surface area contributed by atoms with E-state index in [9.17, 15) is 8.42 Å². The first-order valence-electron chi connectivity index (χ1n) is 11.1. The highest BCUT2D eigenvalue weighted by molar-refractivity contribution is 7.87. The zero-order chi connectivity index (χ0) is 22.6. The van der Waals surface area contributed by atoms with Crippen molar-refractivity contribution in [1.29, 1.82) is 0 Å². The molecule has 0 aromatic heterocycles. The highest BCUT2D eigenvalue weighted by Crippen LogP contribution is 2.50. The van der Waals surface area contributed by atoms with Crippen LogP contribution in [0.3, 0.4) is 0 Å². The molecule has 2 aliphatic heterocycles. The third-order valence-electron chi connectivity index (χ3n) is 6.74. The summed E-state index contributed by atoms with van der Waals surface area (Å²) in [6, 6.07) is 8.68. The van der Waals surface area contributed by atoms with Crippen LogP contribution in [-0.4, -0.2) is 25.9 Å². The molecule has 0 radical (unpaired) electrons. The maximum atomic E-state index is 13.1. The van der Waals surface area contributed by atoms with E-state index in [0.29, 0.717) is 18.1 Å². The molecule has 4 aliphatic rings. The normalized spacial score (nSPS) is 26.9. The maximum absolute atomic E-state index is 13.1. The summed E-state index contributed by atoms with van der Waals surface area (Å²) in [6.07, 6.45) is 10.4. The van der Waals surface area contributed by atoms with E-state index in [4.69, 9.17) is 8.92 Å². The van der Waals surface area contributed by atoms with E-state index in [1.54, 1.807) is 24.3 Å². The molecule has 5 heteroatoms. The molecule has 0 spiro atoms. The lowest BCUT2D eigenvalue weighted by molar-refractivity contribution is 0.114. The molecule has 32 heavy (non-hydrogen) atoms. The molecule has 2 bridgehead atoms. The van der Waals surface area contributed by atoms with Gasteiger partial charge in [-0.15, -0.1) is 0 Å². The summed E-state index contributed by atoms with van der Waals surface area (Å²) in [5, 5.41) is -0.720. The van der Waals surface area contributed by atoms with E-state index in [1.165, 1.54) is 27.9 Å². The van der Waals surface area contributed by atoms with Crippen molar-refractivity contribution < 1.29 is 17.3 Å². The van der Waals surface area contributed by atoms with Gasteiger partial charge in [0, 0.05) is 6.42 Å². The highest BCUT2D eigenvalue weighted by Gasteiger charge is 2.53. The van der Waals surface area contributed by atoms with E-state index < -0.39 is 21.5 Å². The van der Waals surface area contributed by atoms with Crippen molar-refractivity contribution in [3.8, 4) is 5.75 Å². The molecular weight excluding hydrogens is 420 g/mol. The van der Waals surface area contributed by atoms with Crippen LogP contribution >= 0.6 is 0 Å². The Kier molecular flexibility index (Phi) is 5.14. The predicted octanol–water partition coefficient (Wildman–Crippen LogP) is 5.59. The van der Waals surface area contributed by atoms with Crippen molar-refractivity contribution in [2.45, 2.75) is 51.6 Å². The third-order valence-corrected chi connectivity index (χ3v) is 8.34. The van der Waals surface area contributed by atoms with Gasteiger partial charge in [-0.05, 0) is 70.9 Å². The molecule has 5 rings (SSSR count). The van der Waals surface area contributed by atoms with Crippen molar-refractivity contribution in [2.75, 3.05) is 0 Å². The van der Waals surface area contributed by atoms with Crippen LogP contribution in [0.5, 0.6) is 5.75 Å². The van der Waals surface area contributed by atoms with Crippen LogP contribution in [0.1, 0.15) is 34.1 Å². The van der Waals surface area contributed by atoms with Crippen molar-refractivity contribution in [2.24, 2.45) is 5.92 Å². The number of hydrogen-bond acceptors (Lipinski definition) is 4.